The third kappa shape index (κ3) is 1.11. The topological polar surface area (TPSA) is 63.3 Å². The second kappa shape index (κ2) is 2.20. The Bertz CT molecular complexity index is 154. The van der Waals surface area contributed by atoms with Gasteiger partial charge in [0.15, 0.2) is 0 Å². The first-order valence-corrected chi connectivity index (χ1v) is 3.19. The molecule has 0 aromatic rings. The molecule has 1 saturated carbocycles. The average molecular weight is 147 g/mol. The number of nitrogens with two attached hydrogens (primary N) is 1. The fraction of sp³-hybridized carbons (Fsp3) is 0.833. The van der Waals surface area contributed by atoms with Crippen molar-refractivity contribution in [1.82, 2.24) is 0 Å². The quantitative estimate of drug-likeness (QED) is 0.584. The third-order valence-electron chi connectivity index (χ3n) is 1.94. The van der Waals surface area contributed by atoms with Gasteiger partial charge in [-0.25, -0.2) is 4.39 Å². The van der Waals surface area contributed by atoms with Crippen molar-refractivity contribution in [1.29, 1.82) is 0 Å². The Hall–Kier alpha value is -0.640. The van der Waals surface area contributed by atoms with Crippen LogP contribution in [0.25, 0.3) is 0 Å². The maximum atomic E-state index is 12.9. The van der Waals surface area contributed by atoms with E-state index in [9.17, 15) is 9.18 Å². The van der Waals surface area contributed by atoms with Crippen LogP contribution in [0.3, 0.4) is 0 Å². The molecule has 0 bridgehead atoms. The fourth-order valence-corrected chi connectivity index (χ4v) is 1.16. The molecule has 0 unspecified atom stereocenters. The lowest BCUT2D eigenvalue weighted by atomic mass is 9.72. The Balaban J connectivity index is 2.36. The number of carboxylic acid groups (broad SMARTS) is 1. The van der Waals surface area contributed by atoms with Gasteiger partial charge in [0, 0.05) is 6.54 Å². The van der Waals surface area contributed by atoms with Crippen molar-refractivity contribution < 1.29 is 14.3 Å². The van der Waals surface area contributed by atoms with Crippen molar-refractivity contribution >= 4 is 5.97 Å². The molecule has 0 aliphatic heterocycles. The van der Waals surface area contributed by atoms with Crippen molar-refractivity contribution in [2.75, 3.05) is 6.54 Å². The number of hydrogen-bond donors (Lipinski definition) is 2. The summed E-state index contributed by atoms with van der Waals surface area (Å²) in [5.41, 5.74) is 3.68. The van der Waals surface area contributed by atoms with Crippen molar-refractivity contribution in [3.05, 3.63) is 0 Å². The minimum Gasteiger partial charge on any atom is -0.481 e. The molecule has 0 amide bonds. The Labute approximate surface area is 58.0 Å². The summed E-state index contributed by atoms with van der Waals surface area (Å²) in [6, 6.07) is 0. The Kier molecular flexibility index (Phi) is 1.64. The van der Waals surface area contributed by atoms with Gasteiger partial charge in [0.2, 0.25) is 0 Å². The monoisotopic (exact) mass is 147 g/mol. The van der Waals surface area contributed by atoms with Gasteiger partial charge in [-0.2, -0.15) is 0 Å². The van der Waals surface area contributed by atoms with Gasteiger partial charge in [0.25, 0.3) is 0 Å². The molecule has 1 rings (SSSR count). The summed E-state index contributed by atoms with van der Waals surface area (Å²) < 4.78 is 12.9. The zero-order valence-electron chi connectivity index (χ0n) is 5.51. The van der Waals surface area contributed by atoms with Crippen LogP contribution >= 0.6 is 0 Å². The predicted octanol–water partition coefficient (Wildman–Crippen LogP) is 0.148. The highest BCUT2D eigenvalue weighted by Gasteiger charge is 2.47. The number of carbonyl (C=O) groups is 1. The summed E-state index contributed by atoms with van der Waals surface area (Å²) in [6.07, 6.45) is 0.164. The molecular formula is C6H10FNO2. The number of alkyl halides is 1. The summed E-state index contributed by atoms with van der Waals surface area (Å²) in [6.45, 7) is -0.0587. The first-order chi connectivity index (χ1) is 4.57. The van der Waals surface area contributed by atoms with Crippen molar-refractivity contribution in [2.45, 2.75) is 18.5 Å². The number of hydrogen-bond acceptors (Lipinski definition) is 2. The van der Waals surface area contributed by atoms with Gasteiger partial charge in [-0.05, 0) is 12.8 Å². The van der Waals surface area contributed by atoms with E-state index in [1.54, 1.807) is 0 Å². The van der Waals surface area contributed by atoms with E-state index >= 15 is 0 Å². The highest BCUT2D eigenvalue weighted by Crippen LogP contribution is 2.40. The summed E-state index contributed by atoms with van der Waals surface area (Å²) in [5, 5.41) is 8.35. The van der Waals surface area contributed by atoms with Crippen LogP contribution in [0.2, 0.25) is 0 Å². The molecule has 0 heterocycles. The molecule has 0 radical (unpaired) electrons. The number of halogens is 1. The van der Waals surface area contributed by atoms with E-state index in [1.807, 2.05) is 0 Å². The van der Waals surface area contributed by atoms with E-state index in [-0.39, 0.29) is 19.4 Å². The van der Waals surface area contributed by atoms with Gasteiger partial charge in [-0.15, -0.1) is 0 Å². The van der Waals surface area contributed by atoms with Gasteiger partial charge in [0.1, 0.15) is 5.67 Å². The van der Waals surface area contributed by atoms with Gasteiger partial charge >= 0.3 is 5.97 Å². The molecule has 1 fully saturated rings. The first-order valence-electron chi connectivity index (χ1n) is 3.19. The second-order valence-electron chi connectivity index (χ2n) is 2.80. The predicted molar refractivity (Wildman–Crippen MR) is 33.3 cm³/mol. The normalized spacial score (nSPS) is 38.8. The highest BCUT2D eigenvalue weighted by atomic mass is 19.1. The Morgan fingerprint density at radius 2 is 2.30 bits per heavy atom. The molecule has 3 N–H and O–H groups in total. The van der Waals surface area contributed by atoms with E-state index < -0.39 is 17.6 Å². The molecule has 4 heteroatoms. The van der Waals surface area contributed by atoms with Crippen LogP contribution in [-0.4, -0.2) is 23.3 Å². The van der Waals surface area contributed by atoms with Crippen LogP contribution in [-0.2, 0) is 4.79 Å². The van der Waals surface area contributed by atoms with E-state index in [4.69, 9.17) is 10.8 Å². The molecule has 3 nitrogen and oxygen atoms in total. The van der Waals surface area contributed by atoms with E-state index in [1.165, 1.54) is 0 Å². The van der Waals surface area contributed by atoms with Gasteiger partial charge in [0.05, 0.1) is 5.92 Å². The zero-order valence-corrected chi connectivity index (χ0v) is 5.51. The Morgan fingerprint density at radius 1 is 1.80 bits per heavy atom. The lowest BCUT2D eigenvalue weighted by Gasteiger charge is -2.37. The number of rotatable bonds is 2. The summed E-state index contributed by atoms with van der Waals surface area (Å²) in [4.78, 5) is 10.2. The number of carboxylic acids is 1. The average Bonchev–Trinajstić information content (AvgIpc) is 1.80. The molecular weight excluding hydrogens is 137 g/mol. The summed E-state index contributed by atoms with van der Waals surface area (Å²) >= 11 is 0. The maximum Gasteiger partial charge on any atom is 0.306 e. The highest BCUT2D eigenvalue weighted by molar-refractivity contribution is 5.71. The molecule has 1 aliphatic carbocycles. The third-order valence-corrected chi connectivity index (χ3v) is 1.94. The van der Waals surface area contributed by atoms with Crippen LogP contribution in [0.15, 0.2) is 0 Å². The van der Waals surface area contributed by atoms with Crippen LogP contribution < -0.4 is 5.73 Å². The van der Waals surface area contributed by atoms with Crippen LogP contribution in [0.1, 0.15) is 12.8 Å². The summed E-state index contributed by atoms with van der Waals surface area (Å²) in [5.74, 6) is -1.42. The number of aliphatic carboxylic acids is 1. The SMILES string of the molecule is NCC1(F)CC(C(=O)O)C1. The van der Waals surface area contributed by atoms with Crippen molar-refractivity contribution in [3.63, 3.8) is 0 Å². The molecule has 10 heavy (non-hydrogen) atoms. The lowest BCUT2D eigenvalue weighted by Crippen LogP contribution is -2.48. The minimum absolute atomic E-state index is 0.0587. The largest absolute Gasteiger partial charge is 0.481 e. The lowest BCUT2D eigenvalue weighted by molar-refractivity contribution is -0.151. The van der Waals surface area contributed by atoms with Gasteiger partial charge in [-0.3, -0.25) is 4.79 Å². The van der Waals surface area contributed by atoms with Gasteiger partial charge < -0.3 is 10.8 Å². The molecule has 0 spiro atoms. The second-order valence-corrected chi connectivity index (χ2v) is 2.80. The van der Waals surface area contributed by atoms with Gasteiger partial charge in [-0.1, -0.05) is 0 Å². The molecule has 0 aromatic heterocycles. The first kappa shape index (κ1) is 7.47. The van der Waals surface area contributed by atoms with E-state index in [2.05, 4.69) is 0 Å². The minimum atomic E-state index is -1.39. The fourth-order valence-electron chi connectivity index (χ4n) is 1.16. The zero-order chi connectivity index (χ0) is 7.78. The molecule has 0 aromatic carbocycles. The molecule has 58 valence electrons. The molecule has 1 aliphatic rings. The molecule has 0 atom stereocenters. The van der Waals surface area contributed by atoms with E-state index in [0.717, 1.165) is 0 Å². The molecule has 0 saturated heterocycles. The van der Waals surface area contributed by atoms with Crippen molar-refractivity contribution in [3.8, 4) is 0 Å². The van der Waals surface area contributed by atoms with Crippen LogP contribution in [0, 0.1) is 5.92 Å². The van der Waals surface area contributed by atoms with Crippen LogP contribution in [0.4, 0.5) is 4.39 Å². The maximum absolute atomic E-state index is 12.9. The Morgan fingerprint density at radius 3 is 2.60 bits per heavy atom. The standard InChI is InChI=1S/C6H10FNO2/c7-6(3-8)1-4(2-6)5(9)10/h4H,1-3,8H2,(H,9,10). The summed E-state index contributed by atoms with van der Waals surface area (Å²) in [7, 11) is 0. The smallest absolute Gasteiger partial charge is 0.306 e. The van der Waals surface area contributed by atoms with Crippen LogP contribution in [0.5, 0.6) is 0 Å². The van der Waals surface area contributed by atoms with E-state index in [0.29, 0.717) is 0 Å². The van der Waals surface area contributed by atoms with Crippen molar-refractivity contribution in [2.24, 2.45) is 11.7 Å².